The molecule has 0 fully saturated rings. The maximum Gasteiger partial charge on any atom is 0.271 e. The number of allylic oxidation sites excluding steroid dienone is 1. The molecule has 0 aromatic heterocycles. The van der Waals surface area contributed by atoms with Crippen LogP contribution in [0.15, 0.2) is 29.5 Å². The summed E-state index contributed by atoms with van der Waals surface area (Å²) in [6.07, 6.45) is 0.372. The fraction of sp³-hybridized carbons (Fsp3) is 0.438. The van der Waals surface area contributed by atoms with Gasteiger partial charge in [-0.1, -0.05) is 12.1 Å². The second-order valence-corrected chi connectivity index (χ2v) is 5.14. The number of phenolic OH excluding ortho intramolecular Hbond substituents is 1. The predicted octanol–water partition coefficient (Wildman–Crippen LogP) is 2.32. The van der Waals surface area contributed by atoms with E-state index < -0.39 is 5.79 Å². The smallest absolute Gasteiger partial charge is 0.271 e. The number of benzene rings is 1. The molecule has 0 saturated heterocycles. The van der Waals surface area contributed by atoms with Crippen LogP contribution in [-0.2, 0) is 32.0 Å². The number of hydrogen-bond acceptors (Lipinski definition) is 5. The number of Topliss-reactive ketones (excluding diaryl/α,β-unsaturated/α-hetero) is 1. The van der Waals surface area contributed by atoms with Gasteiger partial charge in [-0.25, -0.2) is 0 Å². The molecule has 1 heterocycles. The van der Waals surface area contributed by atoms with Gasteiger partial charge in [0.05, 0.1) is 6.61 Å². The van der Waals surface area contributed by atoms with Crippen molar-refractivity contribution in [3.63, 3.8) is 0 Å². The van der Waals surface area contributed by atoms with Crippen molar-refractivity contribution in [2.75, 3.05) is 14.2 Å². The Balaban J connectivity index is 2.33. The Hall–Kier alpha value is -1.85. The van der Waals surface area contributed by atoms with Crippen molar-refractivity contribution in [3.8, 4) is 5.75 Å². The largest absolute Gasteiger partial charge is 0.508 e. The lowest BCUT2D eigenvalue weighted by Gasteiger charge is -2.20. The minimum atomic E-state index is -1.25. The molecule has 0 saturated carbocycles. The van der Waals surface area contributed by atoms with Crippen LogP contribution in [-0.4, -0.2) is 30.9 Å². The number of ketones is 1. The molecular weight excluding hydrogens is 272 g/mol. The SMILES string of the molecule is COCc1c(O)cccc1CC1=C(C)OC(C)(OC)C1=O. The molecule has 0 amide bonds. The molecule has 21 heavy (non-hydrogen) atoms. The molecule has 0 aliphatic carbocycles. The Morgan fingerprint density at radius 3 is 2.62 bits per heavy atom. The average molecular weight is 292 g/mol. The van der Waals surface area contributed by atoms with Crippen LogP contribution in [0.1, 0.15) is 25.0 Å². The molecule has 1 aromatic rings. The van der Waals surface area contributed by atoms with E-state index in [1.807, 2.05) is 6.07 Å². The summed E-state index contributed by atoms with van der Waals surface area (Å²) in [4.78, 5) is 12.4. The van der Waals surface area contributed by atoms with Gasteiger partial charge in [0.1, 0.15) is 11.5 Å². The quantitative estimate of drug-likeness (QED) is 0.902. The zero-order valence-corrected chi connectivity index (χ0v) is 12.7. The first kappa shape index (κ1) is 15.5. The summed E-state index contributed by atoms with van der Waals surface area (Å²) in [6.45, 7) is 3.63. The average Bonchev–Trinajstić information content (AvgIpc) is 2.67. The van der Waals surface area contributed by atoms with Crippen LogP contribution in [0.5, 0.6) is 5.75 Å². The summed E-state index contributed by atoms with van der Waals surface area (Å²) in [5.41, 5.74) is 2.07. The summed E-state index contributed by atoms with van der Waals surface area (Å²) >= 11 is 0. The summed E-state index contributed by atoms with van der Waals surface area (Å²) in [6, 6.07) is 5.21. The number of ether oxygens (including phenoxy) is 3. The lowest BCUT2D eigenvalue weighted by Crippen LogP contribution is -2.36. The second kappa shape index (κ2) is 5.87. The maximum atomic E-state index is 12.4. The van der Waals surface area contributed by atoms with Crippen LogP contribution in [0.25, 0.3) is 0 Å². The minimum absolute atomic E-state index is 0.161. The van der Waals surface area contributed by atoms with Gasteiger partial charge in [0, 0.05) is 38.7 Å². The lowest BCUT2D eigenvalue weighted by molar-refractivity contribution is -0.181. The number of hydrogen-bond donors (Lipinski definition) is 1. The third kappa shape index (κ3) is 2.80. The first-order chi connectivity index (χ1) is 9.92. The highest BCUT2D eigenvalue weighted by Gasteiger charge is 2.44. The lowest BCUT2D eigenvalue weighted by atomic mass is 9.95. The number of rotatable bonds is 5. The van der Waals surface area contributed by atoms with E-state index in [2.05, 4.69) is 0 Å². The van der Waals surface area contributed by atoms with Crippen LogP contribution in [0.4, 0.5) is 0 Å². The molecule has 1 N–H and O–H groups in total. The van der Waals surface area contributed by atoms with E-state index in [0.717, 1.165) is 5.56 Å². The van der Waals surface area contributed by atoms with Gasteiger partial charge < -0.3 is 19.3 Å². The fourth-order valence-corrected chi connectivity index (χ4v) is 2.46. The summed E-state index contributed by atoms with van der Waals surface area (Å²) in [5.74, 6) is -0.726. The first-order valence-corrected chi connectivity index (χ1v) is 6.70. The van der Waals surface area contributed by atoms with E-state index in [9.17, 15) is 9.90 Å². The third-order valence-electron chi connectivity index (χ3n) is 3.75. The van der Waals surface area contributed by atoms with Gasteiger partial charge in [-0.2, -0.15) is 0 Å². The van der Waals surface area contributed by atoms with Crippen LogP contribution in [0, 0.1) is 0 Å². The Labute approximate surface area is 124 Å². The van der Waals surface area contributed by atoms with E-state index in [1.165, 1.54) is 7.11 Å². The normalized spacial score (nSPS) is 21.8. The molecule has 114 valence electrons. The van der Waals surface area contributed by atoms with E-state index in [-0.39, 0.29) is 18.1 Å². The van der Waals surface area contributed by atoms with Gasteiger partial charge in [-0.3, -0.25) is 4.79 Å². The van der Waals surface area contributed by atoms with E-state index in [4.69, 9.17) is 14.2 Å². The van der Waals surface area contributed by atoms with Crippen molar-refractivity contribution in [3.05, 3.63) is 40.7 Å². The molecule has 1 atom stereocenters. The predicted molar refractivity (Wildman–Crippen MR) is 76.7 cm³/mol. The summed E-state index contributed by atoms with van der Waals surface area (Å²) in [5, 5.41) is 9.94. The van der Waals surface area contributed by atoms with Crippen molar-refractivity contribution in [2.45, 2.75) is 32.7 Å². The van der Waals surface area contributed by atoms with Gasteiger partial charge in [0.25, 0.3) is 5.79 Å². The molecule has 1 aromatic carbocycles. The molecule has 0 bridgehead atoms. The molecule has 5 nitrogen and oxygen atoms in total. The van der Waals surface area contributed by atoms with Crippen LogP contribution in [0.3, 0.4) is 0 Å². The van der Waals surface area contributed by atoms with E-state index >= 15 is 0 Å². The van der Waals surface area contributed by atoms with Gasteiger partial charge in [0.2, 0.25) is 5.78 Å². The Morgan fingerprint density at radius 1 is 1.33 bits per heavy atom. The molecule has 0 spiro atoms. The monoisotopic (exact) mass is 292 g/mol. The summed E-state index contributed by atoms with van der Waals surface area (Å²) < 4.78 is 15.8. The molecule has 0 radical (unpaired) electrons. The maximum absolute atomic E-state index is 12.4. The number of aromatic hydroxyl groups is 1. The Morgan fingerprint density at radius 2 is 2.05 bits per heavy atom. The van der Waals surface area contributed by atoms with Crippen LogP contribution in [0.2, 0.25) is 0 Å². The van der Waals surface area contributed by atoms with E-state index in [1.54, 1.807) is 33.1 Å². The zero-order valence-electron chi connectivity index (χ0n) is 12.7. The summed E-state index contributed by atoms with van der Waals surface area (Å²) in [7, 11) is 3.01. The van der Waals surface area contributed by atoms with Crippen LogP contribution < -0.4 is 0 Å². The van der Waals surface area contributed by atoms with Gasteiger partial charge in [-0.05, 0) is 18.6 Å². The van der Waals surface area contributed by atoms with Crippen molar-refractivity contribution in [1.82, 2.24) is 0 Å². The fourth-order valence-electron chi connectivity index (χ4n) is 2.46. The highest BCUT2D eigenvalue weighted by atomic mass is 16.7. The zero-order chi connectivity index (χ0) is 15.6. The number of methoxy groups -OCH3 is 2. The van der Waals surface area contributed by atoms with E-state index in [0.29, 0.717) is 23.3 Å². The molecule has 1 aliphatic rings. The molecule has 1 unspecified atom stereocenters. The number of phenols is 1. The third-order valence-corrected chi connectivity index (χ3v) is 3.75. The van der Waals surface area contributed by atoms with Crippen molar-refractivity contribution < 1.29 is 24.1 Å². The minimum Gasteiger partial charge on any atom is -0.508 e. The number of carbonyl (C=O) groups is 1. The van der Waals surface area contributed by atoms with Gasteiger partial charge >= 0.3 is 0 Å². The van der Waals surface area contributed by atoms with Crippen molar-refractivity contribution in [1.29, 1.82) is 0 Å². The van der Waals surface area contributed by atoms with Gasteiger partial charge in [0.15, 0.2) is 0 Å². The van der Waals surface area contributed by atoms with Gasteiger partial charge in [-0.15, -0.1) is 0 Å². The topological polar surface area (TPSA) is 65.0 Å². The first-order valence-electron chi connectivity index (χ1n) is 6.70. The molecular formula is C16H20O5. The van der Waals surface area contributed by atoms with Crippen molar-refractivity contribution >= 4 is 5.78 Å². The Bertz CT molecular complexity index is 590. The van der Waals surface area contributed by atoms with Crippen LogP contribution >= 0.6 is 0 Å². The van der Waals surface area contributed by atoms with Crippen molar-refractivity contribution in [2.24, 2.45) is 0 Å². The highest BCUT2D eigenvalue weighted by molar-refractivity contribution is 6.03. The highest BCUT2D eigenvalue weighted by Crippen LogP contribution is 2.34. The molecule has 1 aliphatic heterocycles. The Kier molecular flexibility index (Phi) is 4.34. The molecule has 5 heteroatoms. The second-order valence-electron chi connectivity index (χ2n) is 5.14. The number of carbonyl (C=O) groups excluding carboxylic acids is 1. The molecule has 2 rings (SSSR count). The standard InChI is InChI=1S/C16H20O5/c1-10-12(15(18)16(2,20-4)21-10)8-11-6-5-7-14(17)13(11)9-19-3/h5-7,17H,8-9H2,1-4H3.